The van der Waals surface area contributed by atoms with E-state index in [0.717, 1.165) is 41.9 Å². The van der Waals surface area contributed by atoms with E-state index in [-0.39, 0.29) is 0 Å². The molecule has 20 heavy (non-hydrogen) atoms. The topological polar surface area (TPSA) is 40.7 Å². The van der Waals surface area contributed by atoms with Gasteiger partial charge in [0.25, 0.3) is 0 Å². The van der Waals surface area contributed by atoms with Crippen molar-refractivity contribution in [2.24, 2.45) is 0 Å². The van der Waals surface area contributed by atoms with Crippen LogP contribution in [0.3, 0.4) is 0 Å². The van der Waals surface area contributed by atoms with Crippen LogP contribution in [0.1, 0.15) is 24.7 Å². The largest absolute Gasteiger partial charge is 0.381 e. The van der Waals surface area contributed by atoms with Crippen molar-refractivity contribution in [1.82, 2.24) is 9.97 Å². The summed E-state index contributed by atoms with van der Waals surface area (Å²) in [5.41, 5.74) is 4.54. The number of aromatic amines is 1. The molecule has 1 heterocycles. The number of nitrogens with one attached hydrogen (secondary N) is 2. The first kappa shape index (κ1) is 12.7. The van der Waals surface area contributed by atoms with Gasteiger partial charge in [-0.3, -0.25) is 0 Å². The fraction of sp³-hybridized carbons (Fsp3) is 0.235. The molecule has 0 amide bonds. The second-order valence-corrected chi connectivity index (χ2v) is 5.00. The van der Waals surface area contributed by atoms with Crippen LogP contribution in [-0.4, -0.2) is 9.97 Å². The van der Waals surface area contributed by atoms with Gasteiger partial charge in [0.15, 0.2) is 0 Å². The van der Waals surface area contributed by atoms with Crippen molar-refractivity contribution in [2.75, 3.05) is 5.32 Å². The normalized spacial score (nSPS) is 10.8. The fourth-order valence-corrected chi connectivity index (χ4v) is 2.33. The quantitative estimate of drug-likeness (QED) is 0.728. The van der Waals surface area contributed by atoms with E-state index in [0.29, 0.717) is 0 Å². The number of hydrogen-bond donors (Lipinski definition) is 2. The van der Waals surface area contributed by atoms with E-state index in [1.165, 1.54) is 5.56 Å². The van der Waals surface area contributed by atoms with Crippen molar-refractivity contribution in [2.45, 2.75) is 26.3 Å². The third-order valence-corrected chi connectivity index (χ3v) is 3.36. The first-order valence-electron chi connectivity index (χ1n) is 7.11. The van der Waals surface area contributed by atoms with Crippen LogP contribution in [0.2, 0.25) is 0 Å². The predicted molar refractivity (Wildman–Crippen MR) is 83.9 cm³/mol. The minimum absolute atomic E-state index is 0.836. The van der Waals surface area contributed by atoms with E-state index in [1.807, 2.05) is 6.07 Å². The summed E-state index contributed by atoms with van der Waals surface area (Å²) in [4.78, 5) is 7.96. The number of benzene rings is 2. The summed E-state index contributed by atoms with van der Waals surface area (Å²) >= 11 is 0. The molecule has 3 rings (SSSR count). The van der Waals surface area contributed by atoms with Crippen molar-refractivity contribution in [3.8, 4) is 0 Å². The Hall–Kier alpha value is -2.29. The Morgan fingerprint density at radius 1 is 1.10 bits per heavy atom. The second-order valence-electron chi connectivity index (χ2n) is 5.00. The molecule has 0 unspecified atom stereocenters. The lowest BCUT2D eigenvalue weighted by atomic mass is 10.2. The van der Waals surface area contributed by atoms with Gasteiger partial charge in [-0.2, -0.15) is 0 Å². The van der Waals surface area contributed by atoms with Crippen LogP contribution in [0.5, 0.6) is 0 Å². The lowest BCUT2D eigenvalue weighted by Gasteiger charge is -2.06. The maximum Gasteiger partial charge on any atom is 0.107 e. The highest BCUT2D eigenvalue weighted by atomic mass is 14.9. The zero-order valence-electron chi connectivity index (χ0n) is 11.7. The smallest absolute Gasteiger partial charge is 0.107 e. The molecule has 0 bridgehead atoms. The van der Waals surface area contributed by atoms with Crippen LogP contribution < -0.4 is 5.32 Å². The van der Waals surface area contributed by atoms with Gasteiger partial charge >= 0.3 is 0 Å². The number of hydrogen-bond acceptors (Lipinski definition) is 2. The van der Waals surface area contributed by atoms with Gasteiger partial charge in [-0.1, -0.05) is 37.3 Å². The molecule has 0 atom stereocenters. The zero-order valence-corrected chi connectivity index (χ0v) is 11.7. The van der Waals surface area contributed by atoms with Crippen molar-refractivity contribution in [1.29, 1.82) is 0 Å². The number of anilines is 1. The van der Waals surface area contributed by atoms with Gasteiger partial charge in [0.05, 0.1) is 11.0 Å². The first-order chi connectivity index (χ1) is 9.85. The van der Waals surface area contributed by atoms with Gasteiger partial charge in [0.2, 0.25) is 0 Å². The summed E-state index contributed by atoms with van der Waals surface area (Å²) in [5.74, 6) is 1.07. The van der Waals surface area contributed by atoms with Crippen molar-refractivity contribution >= 4 is 16.7 Å². The van der Waals surface area contributed by atoms with Crippen LogP contribution >= 0.6 is 0 Å². The standard InChI is InChI=1S/C17H19N3/c1-2-6-17-19-15-10-9-14(11-16(15)20-17)18-12-13-7-4-3-5-8-13/h3-5,7-11,18H,2,6,12H2,1H3,(H,19,20). The molecular formula is C17H19N3. The minimum atomic E-state index is 0.836. The molecule has 0 radical (unpaired) electrons. The molecule has 3 heteroatoms. The first-order valence-corrected chi connectivity index (χ1v) is 7.11. The molecular weight excluding hydrogens is 246 g/mol. The Morgan fingerprint density at radius 2 is 1.95 bits per heavy atom. The van der Waals surface area contributed by atoms with Crippen molar-refractivity contribution < 1.29 is 0 Å². The number of aryl methyl sites for hydroxylation is 1. The molecule has 3 aromatic rings. The molecule has 0 spiro atoms. The molecule has 102 valence electrons. The summed E-state index contributed by atoms with van der Waals surface area (Å²) in [7, 11) is 0. The monoisotopic (exact) mass is 265 g/mol. The van der Waals surface area contributed by atoms with Crippen LogP contribution in [0.25, 0.3) is 11.0 Å². The van der Waals surface area contributed by atoms with E-state index in [9.17, 15) is 0 Å². The number of rotatable bonds is 5. The molecule has 2 N–H and O–H groups in total. The molecule has 0 saturated heterocycles. The van der Waals surface area contributed by atoms with Gasteiger partial charge in [0, 0.05) is 18.7 Å². The lowest BCUT2D eigenvalue weighted by Crippen LogP contribution is -1.98. The van der Waals surface area contributed by atoms with E-state index < -0.39 is 0 Å². The molecule has 0 aliphatic heterocycles. The van der Waals surface area contributed by atoms with E-state index >= 15 is 0 Å². The Morgan fingerprint density at radius 3 is 2.75 bits per heavy atom. The van der Waals surface area contributed by atoms with Gasteiger partial charge < -0.3 is 10.3 Å². The summed E-state index contributed by atoms with van der Waals surface area (Å²) in [6.45, 7) is 3.00. The Labute approximate surface area is 119 Å². The van der Waals surface area contributed by atoms with Crippen LogP contribution in [0, 0.1) is 0 Å². The summed E-state index contributed by atoms with van der Waals surface area (Å²) < 4.78 is 0. The average molecular weight is 265 g/mol. The highest BCUT2D eigenvalue weighted by molar-refractivity contribution is 5.79. The fourth-order valence-electron chi connectivity index (χ4n) is 2.33. The highest BCUT2D eigenvalue weighted by Gasteiger charge is 2.03. The van der Waals surface area contributed by atoms with Crippen molar-refractivity contribution in [3.63, 3.8) is 0 Å². The van der Waals surface area contributed by atoms with E-state index in [1.54, 1.807) is 0 Å². The Kier molecular flexibility index (Phi) is 3.68. The van der Waals surface area contributed by atoms with Gasteiger partial charge in [-0.15, -0.1) is 0 Å². The number of nitrogens with zero attached hydrogens (tertiary/aromatic N) is 1. The molecule has 0 aliphatic rings. The van der Waals surface area contributed by atoms with E-state index in [2.05, 4.69) is 64.7 Å². The Balaban J connectivity index is 1.75. The van der Waals surface area contributed by atoms with Crippen LogP contribution in [0.15, 0.2) is 48.5 Å². The zero-order chi connectivity index (χ0) is 13.8. The summed E-state index contributed by atoms with van der Waals surface area (Å²) in [6.07, 6.45) is 2.11. The molecule has 0 aliphatic carbocycles. The molecule has 0 fully saturated rings. The third-order valence-electron chi connectivity index (χ3n) is 3.36. The van der Waals surface area contributed by atoms with Crippen LogP contribution in [-0.2, 0) is 13.0 Å². The lowest BCUT2D eigenvalue weighted by molar-refractivity contribution is 0.861. The Bertz CT molecular complexity index is 686. The van der Waals surface area contributed by atoms with Crippen LogP contribution in [0.4, 0.5) is 5.69 Å². The number of H-pyrrole nitrogens is 1. The molecule has 1 aromatic heterocycles. The average Bonchev–Trinajstić information content (AvgIpc) is 2.88. The van der Waals surface area contributed by atoms with E-state index in [4.69, 9.17) is 0 Å². The number of imidazole rings is 1. The second kappa shape index (κ2) is 5.78. The third kappa shape index (κ3) is 2.82. The van der Waals surface area contributed by atoms with Gasteiger partial charge in [-0.05, 0) is 30.2 Å². The number of fused-ring (bicyclic) bond motifs is 1. The van der Waals surface area contributed by atoms with Crippen molar-refractivity contribution in [3.05, 3.63) is 59.9 Å². The van der Waals surface area contributed by atoms with Gasteiger partial charge in [0.1, 0.15) is 5.82 Å². The number of aromatic nitrogens is 2. The predicted octanol–water partition coefficient (Wildman–Crippen LogP) is 4.13. The summed E-state index contributed by atoms with van der Waals surface area (Å²) in [6, 6.07) is 16.7. The summed E-state index contributed by atoms with van der Waals surface area (Å²) in [5, 5.41) is 3.45. The highest BCUT2D eigenvalue weighted by Crippen LogP contribution is 2.18. The van der Waals surface area contributed by atoms with Gasteiger partial charge in [-0.25, -0.2) is 4.98 Å². The molecule has 0 saturated carbocycles. The SMILES string of the molecule is CCCc1nc2ccc(NCc3ccccc3)cc2[nH]1. The molecule has 3 nitrogen and oxygen atoms in total. The molecule has 2 aromatic carbocycles. The maximum atomic E-state index is 4.58. The maximum absolute atomic E-state index is 4.58. The minimum Gasteiger partial charge on any atom is -0.381 e.